The zero-order chi connectivity index (χ0) is 11.5. The number of piperidine rings is 1. The summed E-state index contributed by atoms with van der Waals surface area (Å²) >= 11 is 2.15. The second-order valence-electron chi connectivity index (χ2n) is 5.88. The summed E-state index contributed by atoms with van der Waals surface area (Å²) in [5.74, 6) is 2.80. The molecule has 3 fully saturated rings. The molecule has 3 aliphatic rings. The highest BCUT2D eigenvalue weighted by Gasteiger charge is 2.30. The van der Waals surface area contributed by atoms with Crippen molar-refractivity contribution in [3.63, 3.8) is 0 Å². The number of nitrogens with zero attached hydrogens (tertiary/aromatic N) is 2. The first-order valence-corrected chi connectivity index (χ1v) is 8.65. The van der Waals surface area contributed by atoms with Crippen LogP contribution in [0.5, 0.6) is 0 Å². The van der Waals surface area contributed by atoms with E-state index in [0.29, 0.717) is 0 Å². The largest absolute Gasteiger partial charge is 0.299 e. The fourth-order valence-electron chi connectivity index (χ4n) is 3.78. The van der Waals surface area contributed by atoms with Gasteiger partial charge in [-0.1, -0.05) is 6.42 Å². The minimum absolute atomic E-state index is 0.890. The number of thioether (sulfide) groups is 1. The highest BCUT2D eigenvalue weighted by molar-refractivity contribution is 7.99. The molecule has 1 unspecified atom stereocenters. The molecule has 17 heavy (non-hydrogen) atoms. The van der Waals surface area contributed by atoms with Crippen LogP contribution in [-0.2, 0) is 0 Å². The molecule has 0 saturated carbocycles. The first kappa shape index (κ1) is 12.3. The molecule has 0 bridgehead atoms. The molecule has 1 atom stereocenters. The molecule has 0 aromatic carbocycles. The Labute approximate surface area is 110 Å². The molecule has 2 nitrogen and oxygen atoms in total. The SMILES string of the molecule is C1CCN2CCCN(C3CCSCC3)CC2C1. The van der Waals surface area contributed by atoms with Crippen LogP contribution in [0.25, 0.3) is 0 Å². The normalized spacial score (nSPS) is 34.2. The quantitative estimate of drug-likeness (QED) is 0.710. The van der Waals surface area contributed by atoms with Crippen LogP contribution in [0.2, 0.25) is 0 Å². The van der Waals surface area contributed by atoms with Crippen molar-refractivity contribution in [2.75, 3.05) is 37.7 Å². The highest BCUT2D eigenvalue weighted by atomic mass is 32.2. The van der Waals surface area contributed by atoms with E-state index in [1.54, 1.807) is 0 Å². The third kappa shape index (κ3) is 2.99. The zero-order valence-corrected chi connectivity index (χ0v) is 11.8. The van der Waals surface area contributed by atoms with Gasteiger partial charge in [-0.2, -0.15) is 11.8 Å². The Hall–Kier alpha value is 0.270. The zero-order valence-electron chi connectivity index (χ0n) is 10.9. The number of rotatable bonds is 1. The molecule has 0 radical (unpaired) electrons. The first-order chi connectivity index (χ1) is 8.43. The molecule has 3 saturated heterocycles. The van der Waals surface area contributed by atoms with Gasteiger partial charge >= 0.3 is 0 Å². The third-order valence-corrected chi connectivity index (χ3v) is 5.84. The molecule has 3 aliphatic heterocycles. The summed E-state index contributed by atoms with van der Waals surface area (Å²) in [5.41, 5.74) is 0. The molecule has 0 amide bonds. The van der Waals surface area contributed by atoms with Gasteiger partial charge in [-0.15, -0.1) is 0 Å². The lowest BCUT2D eigenvalue weighted by Crippen LogP contribution is -2.47. The van der Waals surface area contributed by atoms with Gasteiger partial charge < -0.3 is 0 Å². The van der Waals surface area contributed by atoms with Crippen molar-refractivity contribution in [2.45, 2.75) is 50.6 Å². The maximum Gasteiger partial charge on any atom is 0.0223 e. The van der Waals surface area contributed by atoms with Crippen molar-refractivity contribution >= 4 is 11.8 Å². The smallest absolute Gasteiger partial charge is 0.0223 e. The van der Waals surface area contributed by atoms with Crippen molar-refractivity contribution in [3.05, 3.63) is 0 Å². The molecule has 3 heterocycles. The van der Waals surface area contributed by atoms with Gasteiger partial charge in [-0.25, -0.2) is 0 Å². The Morgan fingerprint density at radius 1 is 0.706 bits per heavy atom. The van der Waals surface area contributed by atoms with E-state index in [-0.39, 0.29) is 0 Å². The predicted molar refractivity (Wildman–Crippen MR) is 75.7 cm³/mol. The Balaban J connectivity index is 1.61. The maximum absolute atomic E-state index is 2.84. The second-order valence-corrected chi connectivity index (χ2v) is 7.10. The van der Waals surface area contributed by atoms with Gasteiger partial charge in [-0.05, 0) is 63.2 Å². The van der Waals surface area contributed by atoms with Crippen LogP contribution in [0.4, 0.5) is 0 Å². The molecule has 3 heteroatoms. The van der Waals surface area contributed by atoms with E-state index in [4.69, 9.17) is 0 Å². The van der Waals surface area contributed by atoms with Crippen molar-refractivity contribution in [2.24, 2.45) is 0 Å². The monoisotopic (exact) mass is 254 g/mol. The van der Waals surface area contributed by atoms with E-state index in [9.17, 15) is 0 Å². The average Bonchev–Trinajstić information content (AvgIpc) is 2.62. The van der Waals surface area contributed by atoms with E-state index in [1.165, 1.54) is 76.2 Å². The molecular weight excluding hydrogens is 228 g/mol. The van der Waals surface area contributed by atoms with Gasteiger partial charge in [0.1, 0.15) is 0 Å². The fourth-order valence-corrected chi connectivity index (χ4v) is 4.86. The Bertz CT molecular complexity index is 240. The summed E-state index contributed by atoms with van der Waals surface area (Å²) in [6.45, 7) is 5.47. The van der Waals surface area contributed by atoms with Gasteiger partial charge in [0.2, 0.25) is 0 Å². The average molecular weight is 254 g/mol. The van der Waals surface area contributed by atoms with Crippen LogP contribution in [-0.4, -0.2) is 59.6 Å². The minimum atomic E-state index is 0.890. The molecule has 0 spiro atoms. The van der Waals surface area contributed by atoms with Crippen LogP contribution in [0.15, 0.2) is 0 Å². The second kappa shape index (κ2) is 5.94. The summed E-state index contributed by atoms with van der Waals surface area (Å²) in [6.07, 6.45) is 8.65. The Morgan fingerprint density at radius 2 is 1.47 bits per heavy atom. The van der Waals surface area contributed by atoms with E-state index < -0.39 is 0 Å². The number of fused-ring (bicyclic) bond motifs is 1. The molecule has 0 N–H and O–H groups in total. The maximum atomic E-state index is 2.84. The lowest BCUT2D eigenvalue weighted by molar-refractivity contribution is 0.116. The van der Waals surface area contributed by atoms with E-state index in [1.807, 2.05) is 0 Å². The lowest BCUT2D eigenvalue weighted by atomic mass is 10.0. The fraction of sp³-hybridized carbons (Fsp3) is 1.00. The van der Waals surface area contributed by atoms with Crippen molar-refractivity contribution in [1.29, 1.82) is 0 Å². The number of hydrogen-bond acceptors (Lipinski definition) is 3. The van der Waals surface area contributed by atoms with Crippen LogP contribution < -0.4 is 0 Å². The molecule has 98 valence electrons. The van der Waals surface area contributed by atoms with Crippen molar-refractivity contribution < 1.29 is 0 Å². The van der Waals surface area contributed by atoms with Gasteiger partial charge in [-0.3, -0.25) is 9.80 Å². The third-order valence-electron chi connectivity index (χ3n) is 4.79. The molecular formula is C14H26N2S. The molecule has 3 rings (SSSR count). The van der Waals surface area contributed by atoms with Gasteiger partial charge in [0, 0.05) is 18.6 Å². The van der Waals surface area contributed by atoms with E-state index in [2.05, 4.69) is 21.6 Å². The summed E-state index contributed by atoms with van der Waals surface area (Å²) in [5, 5.41) is 0. The van der Waals surface area contributed by atoms with Crippen LogP contribution in [0.1, 0.15) is 38.5 Å². The summed E-state index contributed by atoms with van der Waals surface area (Å²) < 4.78 is 0. The van der Waals surface area contributed by atoms with Gasteiger partial charge in [0.15, 0.2) is 0 Å². The summed E-state index contributed by atoms with van der Waals surface area (Å²) in [4.78, 5) is 5.62. The first-order valence-electron chi connectivity index (χ1n) is 7.49. The van der Waals surface area contributed by atoms with E-state index in [0.717, 1.165) is 12.1 Å². The Morgan fingerprint density at radius 3 is 2.35 bits per heavy atom. The number of hydrogen-bond donors (Lipinski definition) is 0. The predicted octanol–water partition coefficient (Wildman–Crippen LogP) is 2.44. The Kier molecular flexibility index (Phi) is 4.30. The molecule has 0 aromatic heterocycles. The summed E-state index contributed by atoms with van der Waals surface area (Å²) in [6, 6.07) is 1.80. The van der Waals surface area contributed by atoms with Crippen molar-refractivity contribution in [1.82, 2.24) is 9.80 Å². The van der Waals surface area contributed by atoms with Crippen LogP contribution in [0.3, 0.4) is 0 Å². The van der Waals surface area contributed by atoms with Gasteiger partial charge in [0.25, 0.3) is 0 Å². The topological polar surface area (TPSA) is 6.48 Å². The van der Waals surface area contributed by atoms with Crippen molar-refractivity contribution in [3.8, 4) is 0 Å². The lowest BCUT2D eigenvalue weighted by Gasteiger charge is -2.38. The van der Waals surface area contributed by atoms with E-state index >= 15 is 0 Å². The van der Waals surface area contributed by atoms with Gasteiger partial charge in [0.05, 0.1) is 0 Å². The van der Waals surface area contributed by atoms with Crippen LogP contribution in [0, 0.1) is 0 Å². The molecule has 0 aliphatic carbocycles. The summed E-state index contributed by atoms with van der Waals surface area (Å²) in [7, 11) is 0. The highest BCUT2D eigenvalue weighted by Crippen LogP contribution is 2.26. The van der Waals surface area contributed by atoms with Crippen LogP contribution >= 0.6 is 11.8 Å². The standard InChI is InChI=1S/C14H26N2S/c1-2-7-15-8-3-9-16(12-14(15)4-1)13-5-10-17-11-6-13/h13-14H,1-12H2. The minimum Gasteiger partial charge on any atom is -0.299 e. The molecule has 0 aromatic rings.